The minimum Gasteiger partial charge on any atom is -0.381 e. The molecule has 0 bridgehead atoms. The maximum atomic E-state index is 12.6. The van der Waals surface area contributed by atoms with E-state index in [0.717, 1.165) is 48.4 Å². The van der Waals surface area contributed by atoms with E-state index in [-0.39, 0.29) is 5.78 Å². The second-order valence-electron chi connectivity index (χ2n) is 6.95. The summed E-state index contributed by atoms with van der Waals surface area (Å²) in [5, 5.41) is 2.46. The molecule has 3 nitrogen and oxygen atoms in total. The zero-order chi connectivity index (χ0) is 18.1. The second kappa shape index (κ2) is 7.29. The third-order valence-electron chi connectivity index (χ3n) is 5.34. The Balaban J connectivity index is 1.86. The van der Waals surface area contributed by atoms with Crippen LogP contribution in [0.2, 0.25) is 0 Å². The van der Waals surface area contributed by atoms with Gasteiger partial charge in [0, 0.05) is 52.4 Å². The van der Waals surface area contributed by atoms with Gasteiger partial charge in [0.25, 0.3) is 0 Å². The molecule has 1 saturated heterocycles. The lowest BCUT2D eigenvalue weighted by molar-refractivity contribution is 0.0717. The predicted octanol–water partition coefficient (Wildman–Crippen LogP) is 5.50. The normalized spacial score (nSPS) is 15.6. The summed E-state index contributed by atoms with van der Waals surface area (Å²) in [6.07, 6.45) is 3.14. The molecule has 0 aliphatic carbocycles. The Kier molecular flexibility index (Phi) is 4.88. The molecule has 4 heteroatoms. The lowest BCUT2D eigenvalue weighted by atomic mass is 10.0. The fourth-order valence-corrected chi connectivity index (χ4v) is 4.05. The zero-order valence-corrected chi connectivity index (χ0v) is 15.8. The van der Waals surface area contributed by atoms with Crippen LogP contribution in [0.3, 0.4) is 0 Å². The molecule has 1 aliphatic rings. The summed E-state index contributed by atoms with van der Waals surface area (Å²) in [6.45, 7) is 3.59. The van der Waals surface area contributed by atoms with Gasteiger partial charge in [0.05, 0.1) is 5.52 Å². The Morgan fingerprint density at radius 1 is 1.12 bits per heavy atom. The van der Waals surface area contributed by atoms with E-state index in [0.29, 0.717) is 12.5 Å². The number of carbonyl (C=O) groups excluding carboxylic acids is 1. The van der Waals surface area contributed by atoms with E-state index in [4.69, 9.17) is 17.0 Å². The maximum absolute atomic E-state index is 12.6. The minimum atomic E-state index is 0.113. The summed E-state index contributed by atoms with van der Waals surface area (Å²) in [4.78, 5) is 13.5. The van der Waals surface area contributed by atoms with Crippen LogP contribution in [-0.2, 0) is 4.74 Å². The van der Waals surface area contributed by atoms with Crippen molar-refractivity contribution in [2.24, 2.45) is 0 Å². The molecule has 4 rings (SSSR count). The average molecular weight is 365 g/mol. The molecule has 134 valence electrons. The maximum Gasteiger partial charge on any atom is 0.167 e. The van der Waals surface area contributed by atoms with Crippen molar-refractivity contribution in [1.82, 2.24) is 4.57 Å². The standard InChI is InChI=1S/C22H23NO2S/c1-2-17(26)14-22(24)15-7-8-19-18-5-3-4-6-20(18)23(21(19)13-15)16-9-11-25-12-10-16/h3-8,13,16H,2,9-12,14H2,1H3. The molecule has 0 radical (unpaired) electrons. The van der Waals surface area contributed by atoms with Crippen molar-refractivity contribution in [3.63, 3.8) is 0 Å². The quantitative estimate of drug-likeness (QED) is 0.442. The molecule has 0 spiro atoms. The van der Waals surface area contributed by atoms with Crippen LogP contribution in [0.15, 0.2) is 42.5 Å². The number of nitrogens with zero attached hydrogens (tertiary/aromatic N) is 1. The fourth-order valence-electron chi connectivity index (χ4n) is 3.92. The lowest BCUT2D eigenvalue weighted by Gasteiger charge is -2.25. The summed E-state index contributed by atoms with van der Waals surface area (Å²) < 4.78 is 7.98. The third kappa shape index (κ3) is 3.08. The summed E-state index contributed by atoms with van der Waals surface area (Å²) in [5.74, 6) is 0.113. The molecular formula is C22H23NO2S. The van der Waals surface area contributed by atoms with Gasteiger partial charge in [0.2, 0.25) is 0 Å². The summed E-state index contributed by atoms with van der Waals surface area (Å²) in [5.41, 5.74) is 3.14. The third-order valence-corrected chi connectivity index (χ3v) is 5.77. The highest BCUT2D eigenvalue weighted by Crippen LogP contribution is 2.35. The van der Waals surface area contributed by atoms with Crippen LogP contribution in [0.25, 0.3) is 21.8 Å². The molecule has 0 amide bonds. The van der Waals surface area contributed by atoms with Crippen molar-refractivity contribution >= 4 is 44.7 Å². The number of para-hydroxylation sites is 1. The van der Waals surface area contributed by atoms with E-state index in [9.17, 15) is 4.79 Å². The number of ketones is 1. The Hall–Kier alpha value is -2.04. The van der Waals surface area contributed by atoms with Gasteiger partial charge < -0.3 is 9.30 Å². The van der Waals surface area contributed by atoms with Crippen LogP contribution in [0.1, 0.15) is 49.0 Å². The highest BCUT2D eigenvalue weighted by molar-refractivity contribution is 7.80. The first-order valence-corrected chi connectivity index (χ1v) is 9.75. The van der Waals surface area contributed by atoms with Crippen molar-refractivity contribution in [3.05, 3.63) is 48.0 Å². The summed E-state index contributed by atoms with van der Waals surface area (Å²) in [6, 6.07) is 15.0. The monoisotopic (exact) mass is 365 g/mol. The van der Waals surface area contributed by atoms with E-state index >= 15 is 0 Å². The Bertz CT molecular complexity index is 982. The molecule has 26 heavy (non-hydrogen) atoms. The van der Waals surface area contributed by atoms with E-state index < -0.39 is 0 Å². The Labute approximate surface area is 158 Å². The number of hydrogen-bond donors (Lipinski definition) is 0. The number of fused-ring (bicyclic) bond motifs is 3. The number of hydrogen-bond acceptors (Lipinski definition) is 3. The molecule has 0 saturated carbocycles. The second-order valence-corrected chi connectivity index (χ2v) is 7.53. The van der Waals surface area contributed by atoms with Crippen molar-refractivity contribution < 1.29 is 9.53 Å². The zero-order valence-electron chi connectivity index (χ0n) is 15.0. The predicted molar refractivity (Wildman–Crippen MR) is 110 cm³/mol. The number of carbonyl (C=O) groups is 1. The minimum absolute atomic E-state index is 0.113. The first-order chi connectivity index (χ1) is 12.7. The van der Waals surface area contributed by atoms with Gasteiger partial charge in [-0.05, 0) is 31.4 Å². The van der Waals surface area contributed by atoms with Crippen LogP contribution in [0, 0.1) is 0 Å². The van der Waals surface area contributed by atoms with E-state index in [2.05, 4.69) is 41.0 Å². The van der Waals surface area contributed by atoms with Gasteiger partial charge in [-0.1, -0.05) is 49.5 Å². The first kappa shape index (κ1) is 17.4. The van der Waals surface area contributed by atoms with E-state index in [1.54, 1.807) is 0 Å². The molecule has 1 aliphatic heterocycles. The molecule has 0 N–H and O–H groups in total. The molecular weight excluding hydrogens is 342 g/mol. The van der Waals surface area contributed by atoms with E-state index in [1.165, 1.54) is 16.3 Å². The summed E-state index contributed by atoms with van der Waals surface area (Å²) >= 11 is 5.27. The van der Waals surface area contributed by atoms with Gasteiger partial charge in [-0.15, -0.1) is 0 Å². The highest BCUT2D eigenvalue weighted by Gasteiger charge is 2.21. The van der Waals surface area contributed by atoms with Crippen molar-refractivity contribution in [1.29, 1.82) is 0 Å². The average Bonchev–Trinajstić information content (AvgIpc) is 3.02. The van der Waals surface area contributed by atoms with Crippen LogP contribution in [-0.4, -0.2) is 28.4 Å². The van der Waals surface area contributed by atoms with Crippen LogP contribution in [0.4, 0.5) is 0 Å². The van der Waals surface area contributed by atoms with Gasteiger partial charge >= 0.3 is 0 Å². The van der Waals surface area contributed by atoms with Crippen LogP contribution >= 0.6 is 12.2 Å². The fraction of sp³-hybridized carbons (Fsp3) is 0.364. The highest BCUT2D eigenvalue weighted by atomic mass is 32.1. The van der Waals surface area contributed by atoms with Crippen LogP contribution < -0.4 is 0 Å². The SMILES string of the molecule is CCC(=S)CC(=O)c1ccc2c3ccccc3n(C3CCOCC3)c2c1. The number of ether oxygens (including phenoxy) is 1. The van der Waals surface area contributed by atoms with Gasteiger partial charge in [0.15, 0.2) is 5.78 Å². The first-order valence-electron chi connectivity index (χ1n) is 9.34. The van der Waals surface area contributed by atoms with Crippen molar-refractivity contribution in [2.45, 2.75) is 38.6 Å². The molecule has 1 fully saturated rings. The van der Waals surface area contributed by atoms with Crippen molar-refractivity contribution in [3.8, 4) is 0 Å². The van der Waals surface area contributed by atoms with Gasteiger partial charge in [-0.2, -0.15) is 0 Å². The molecule has 0 unspecified atom stereocenters. The van der Waals surface area contributed by atoms with Gasteiger partial charge in [-0.3, -0.25) is 4.79 Å². The smallest absolute Gasteiger partial charge is 0.167 e. The number of rotatable bonds is 5. The van der Waals surface area contributed by atoms with E-state index in [1.807, 2.05) is 13.0 Å². The number of benzene rings is 2. The lowest BCUT2D eigenvalue weighted by Crippen LogP contribution is -2.19. The largest absolute Gasteiger partial charge is 0.381 e. The number of Topliss-reactive ketones (excluding diaryl/α,β-unsaturated/α-hetero) is 1. The summed E-state index contributed by atoms with van der Waals surface area (Å²) in [7, 11) is 0. The Morgan fingerprint density at radius 2 is 1.85 bits per heavy atom. The molecule has 2 heterocycles. The number of thiocarbonyl (C=S) groups is 1. The molecule has 2 aromatic carbocycles. The molecule has 3 aromatic rings. The molecule has 1 aromatic heterocycles. The molecule has 0 atom stereocenters. The van der Waals surface area contributed by atoms with Gasteiger partial charge in [-0.25, -0.2) is 0 Å². The topological polar surface area (TPSA) is 31.2 Å². The Morgan fingerprint density at radius 3 is 2.62 bits per heavy atom. The number of aromatic nitrogens is 1. The van der Waals surface area contributed by atoms with Crippen LogP contribution in [0.5, 0.6) is 0 Å². The van der Waals surface area contributed by atoms with Gasteiger partial charge in [0.1, 0.15) is 0 Å². The van der Waals surface area contributed by atoms with Crippen molar-refractivity contribution in [2.75, 3.05) is 13.2 Å².